The first kappa shape index (κ1) is 13.3. The Balaban J connectivity index is 2.05. The molecule has 0 bridgehead atoms. The molecule has 0 N–H and O–H groups in total. The summed E-state index contributed by atoms with van der Waals surface area (Å²) >= 11 is 0. The zero-order valence-corrected chi connectivity index (χ0v) is 12.8. The molecule has 0 saturated carbocycles. The number of halogens is 1. The van der Waals surface area contributed by atoms with Gasteiger partial charge in [-0.25, -0.2) is 9.37 Å². The summed E-state index contributed by atoms with van der Waals surface area (Å²) in [6, 6.07) is 25.2. The molecule has 5 aromatic rings. The molecule has 0 spiro atoms. The lowest BCUT2D eigenvalue weighted by molar-refractivity contribution is 0.630. The van der Waals surface area contributed by atoms with Crippen LogP contribution in [0, 0.1) is 5.82 Å². The lowest BCUT2D eigenvalue weighted by atomic mass is 10.1. The van der Waals surface area contributed by atoms with Gasteiger partial charge in [0.05, 0.1) is 16.7 Å². The Bertz CT molecular complexity index is 1210. The van der Waals surface area contributed by atoms with Crippen molar-refractivity contribution in [3.8, 4) is 11.3 Å². The fraction of sp³-hybridized carbons (Fsp3) is 0. The SMILES string of the molecule is Fc1ccc2cc(-c3ccccc3)n3c4ccccc4nc3c2c1. The molecule has 5 rings (SSSR count). The van der Waals surface area contributed by atoms with Gasteiger partial charge in [0.1, 0.15) is 11.5 Å². The van der Waals surface area contributed by atoms with E-state index < -0.39 is 0 Å². The van der Waals surface area contributed by atoms with E-state index in [0.717, 1.165) is 38.7 Å². The predicted molar refractivity (Wildman–Crippen MR) is 95.6 cm³/mol. The van der Waals surface area contributed by atoms with E-state index >= 15 is 0 Å². The van der Waals surface area contributed by atoms with Crippen LogP contribution in [0.25, 0.3) is 38.7 Å². The molecule has 0 aliphatic carbocycles. The molecule has 0 saturated heterocycles. The van der Waals surface area contributed by atoms with Crippen LogP contribution in [0.1, 0.15) is 0 Å². The fourth-order valence-corrected chi connectivity index (χ4v) is 3.33. The van der Waals surface area contributed by atoms with Crippen LogP contribution in [-0.2, 0) is 0 Å². The monoisotopic (exact) mass is 312 g/mol. The number of pyridine rings is 1. The van der Waals surface area contributed by atoms with Gasteiger partial charge >= 0.3 is 0 Å². The van der Waals surface area contributed by atoms with Gasteiger partial charge in [0.2, 0.25) is 0 Å². The maximum atomic E-state index is 13.8. The van der Waals surface area contributed by atoms with Crippen molar-refractivity contribution in [2.24, 2.45) is 0 Å². The van der Waals surface area contributed by atoms with Gasteiger partial charge in [0.15, 0.2) is 0 Å². The van der Waals surface area contributed by atoms with E-state index in [1.807, 2.05) is 48.5 Å². The maximum absolute atomic E-state index is 13.8. The lowest BCUT2D eigenvalue weighted by Gasteiger charge is -2.10. The van der Waals surface area contributed by atoms with Crippen molar-refractivity contribution < 1.29 is 4.39 Å². The van der Waals surface area contributed by atoms with Gasteiger partial charge in [-0.1, -0.05) is 48.5 Å². The van der Waals surface area contributed by atoms with Crippen LogP contribution < -0.4 is 0 Å². The molecule has 114 valence electrons. The van der Waals surface area contributed by atoms with Crippen LogP contribution in [-0.4, -0.2) is 9.38 Å². The van der Waals surface area contributed by atoms with Gasteiger partial charge in [-0.2, -0.15) is 0 Å². The molecule has 0 amide bonds. The van der Waals surface area contributed by atoms with E-state index in [9.17, 15) is 4.39 Å². The zero-order chi connectivity index (χ0) is 16.1. The smallest absolute Gasteiger partial charge is 0.146 e. The molecule has 24 heavy (non-hydrogen) atoms. The molecule has 0 fully saturated rings. The Morgan fingerprint density at radius 1 is 0.792 bits per heavy atom. The van der Waals surface area contributed by atoms with Gasteiger partial charge in [0.25, 0.3) is 0 Å². The minimum Gasteiger partial charge on any atom is -0.292 e. The standard InChI is InChI=1S/C21H13FN2/c22-16-11-10-15-12-20(14-6-2-1-3-7-14)24-19-9-5-4-8-18(19)23-21(24)17(15)13-16/h1-13H. The second-order valence-corrected chi connectivity index (χ2v) is 5.89. The normalized spacial score (nSPS) is 11.5. The maximum Gasteiger partial charge on any atom is 0.146 e. The van der Waals surface area contributed by atoms with Crippen molar-refractivity contribution in [2.45, 2.75) is 0 Å². The number of imidazole rings is 1. The fourth-order valence-electron chi connectivity index (χ4n) is 3.33. The minimum absolute atomic E-state index is 0.246. The topological polar surface area (TPSA) is 17.3 Å². The highest BCUT2D eigenvalue weighted by molar-refractivity contribution is 6.01. The summed E-state index contributed by atoms with van der Waals surface area (Å²) in [6.07, 6.45) is 0. The largest absolute Gasteiger partial charge is 0.292 e. The number of fused-ring (bicyclic) bond motifs is 5. The Morgan fingerprint density at radius 2 is 1.58 bits per heavy atom. The highest BCUT2D eigenvalue weighted by atomic mass is 19.1. The van der Waals surface area contributed by atoms with Crippen molar-refractivity contribution >= 4 is 27.5 Å². The minimum atomic E-state index is -0.246. The van der Waals surface area contributed by atoms with E-state index in [0.29, 0.717) is 0 Å². The molecule has 3 aromatic carbocycles. The Hall–Kier alpha value is -3.20. The second kappa shape index (κ2) is 4.90. The Kier molecular flexibility index (Phi) is 2.71. The molecule has 2 aromatic heterocycles. The highest BCUT2D eigenvalue weighted by Crippen LogP contribution is 2.31. The highest BCUT2D eigenvalue weighted by Gasteiger charge is 2.13. The molecule has 0 aliphatic rings. The van der Waals surface area contributed by atoms with Crippen LogP contribution in [0.15, 0.2) is 78.9 Å². The average molecular weight is 312 g/mol. The van der Waals surface area contributed by atoms with Gasteiger partial charge < -0.3 is 0 Å². The number of benzene rings is 3. The third-order valence-electron chi connectivity index (χ3n) is 4.42. The van der Waals surface area contributed by atoms with E-state index in [4.69, 9.17) is 4.98 Å². The first-order chi connectivity index (χ1) is 11.8. The number of hydrogen-bond acceptors (Lipinski definition) is 1. The van der Waals surface area contributed by atoms with Crippen LogP contribution in [0.3, 0.4) is 0 Å². The summed E-state index contributed by atoms with van der Waals surface area (Å²) in [5.41, 5.74) is 4.88. The van der Waals surface area contributed by atoms with Crippen molar-refractivity contribution in [1.29, 1.82) is 0 Å². The molecule has 0 radical (unpaired) electrons. The van der Waals surface area contributed by atoms with Crippen molar-refractivity contribution in [2.75, 3.05) is 0 Å². The molecular formula is C21H13FN2. The Labute approximate surface area is 137 Å². The first-order valence-electron chi connectivity index (χ1n) is 7.86. The summed E-state index contributed by atoms with van der Waals surface area (Å²) in [4.78, 5) is 4.77. The number of hydrogen-bond donors (Lipinski definition) is 0. The van der Waals surface area contributed by atoms with E-state index in [1.54, 1.807) is 6.07 Å². The summed E-state index contributed by atoms with van der Waals surface area (Å²) in [7, 11) is 0. The van der Waals surface area contributed by atoms with Crippen LogP contribution >= 0.6 is 0 Å². The molecule has 2 nitrogen and oxygen atoms in total. The predicted octanol–water partition coefficient (Wildman–Crippen LogP) is 5.45. The summed E-state index contributed by atoms with van der Waals surface area (Å²) in [5.74, 6) is -0.246. The zero-order valence-electron chi connectivity index (χ0n) is 12.8. The van der Waals surface area contributed by atoms with Crippen LogP contribution in [0.2, 0.25) is 0 Å². The van der Waals surface area contributed by atoms with Gasteiger partial charge in [-0.05, 0) is 41.3 Å². The molecule has 0 aliphatic heterocycles. The third kappa shape index (κ3) is 1.85. The number of aromatic nitrogens is 2. The number of nitrogens with zero attached hydrogens (tertiary/aromatic N) is 2. The first-order valence-corrected chi connectivity index (χ1v) is 7.86. The lowest BCUT2D eigenvalue weighted by Crippen LogP contribution is -1.94. The third-order valence-corrected chi connectivity index (χ3v) is 4.42. The molecule has 0 unspecified atom stereocenters. The van der Waals surface area contributed by atoms with Crippen molar-refractivity contribution in [1.82, 2.24) is 9.38 Å². The summed E-state index contributed by atoms with van der Waals surface area (Å²) in [5, 5.41) is 1.81. The number of para-hydroxylation sites is 2. The second-order valence-electron chi connectivity index (χ2n) is 5.89. The quantitative estimate of drug-likeness (QED) is 0.402. The van der Waals surface area contributed by atoms with Crippen LogP contribution in [0.4, 0.5) is 4.39 Å². The molecule has 2 heterocycles. The summed E-state index contributed by atoms with van der Waals surface area (Å²) in [6.45, 7) is 0. The van der Waals surface area contributed by atoms with E-state index in [1.165, 1.54) is 6.07 Å². The average Bonchev–Trinajstić information content (AvgIpc) is 3.02. The summed E-state index contributed by atoms with van der Waals surface area (Å²) < 4.78 is 15.9. The number of rotatable bonds is 1. The van der Waals surface area contributed by atoms with Gasteiger partial charge in [-0.3, -0.25) is 4.40 Å². The Morgan fingerprint density at radius 3 is 2.46 bits per heavy atom. The van der Waals surface area contributed by atoms with Crippen LogP contribution in [0.5, 0.6) is 0 Å². The molecule has 3 heteroatoms. The van der Waals surface area contributed by atoms with Gasteiger partial charge in [-0.15, -0.1) is 0 Å². The molecule has 0 atom stereocenters. The van der Waals surface area contributed by atoms with E-state index in [2.05, 4.69) is 22.6 Å². The molecular weight excluding hydrogens is 299 g/mol. The van der Waals surface area contributed by atoms with Crippen molar-refractivity contribution in [3.63, 3.8) is 0 Å². The van der Waals surface area contributed by atoms with Gasteiger partial charge in [0, 0.05) is 5.39 Å². The van der Waals surface area contributed by atoms with E-state index in [-0.39, 0.29) is 5.82 Å². The van der Waals surface area contributed by atoms with Crippen molar-refractivity contribution in [3.05, 3.63) is 84.7 Å².